The number of aromatic nitrogens is 2. The number of anilines is 1. The Bertz CT molecular complexity index is 617. The van der Waals surface area contributed by atoms with Crippen LogP contribution < -0.4 is 10.6 Å². The van der Waals surface area contributed by atoms with E-state index in [9.17, 15) is 4.39 Å². The molecule has 4 nitrogen and oxygen atoms in total. The van der Waals surface area contributed by atoms with Gasteiger partial charge in [0.25, 0.3) is 0 Å². The maximum absolute atomic E-state index is 13.0. The molecule has 0 aliphatic rings. The van der Waals surface area contributed by atoms with Crippen molar-refractivity contribution in [1.29, 1.82) is 0 Å². The van der Waals surface area contributed by atoms with E-state index in [0.717, 1.165) is 0 Å². The van der Waals surface area contributed by atoms with Crippen LogP contribution in [0.5, 0.6) is 0 Å². The summed E-state index contributed by atoms with van der Waals surface area (Å²) in [6, 6.07) is 4.31. The van der Waals surface area contributed by atoms with E-state index in [1.54, 1.807) is 23.1 Å². The van der Waals surface area contributed by atoms with Gasteiger partial charge in [-0.25, -0.2) is 4.39 Å². The SMILES string of the molecule is Fc1ccc(NC(=S)NCCn2cc(Cl)cn2)cc1Cl. The first-order valence-electron chi connectivity index (χ1n) is 5.72. The highest BCUT2D eigenvalue weighted by atomic mass is 35.5. The van der Waals surface area contributed by atoms with Crippen molar-refractivity contribution in [2.45, 2.75) is 6.54 Å². The molecule has 1 aromatic heterocycles. The Hall–Kier alpha value is -1.37. The highest BCUT2D eigenvalue weighted by Gasteiger charge is 2.02. The van der Waals surface area contributed by atoms with Gasteiger partial charge < -0.3 is 10.6 Å². The van der Waals surface area contributed by atoms with Crippen molar-refractivity contribution >= 4 is 46.2 Å². The lowest BCUT2D eigenvalue weighted by molar-refractivity contribution is 0.604. The molecule has 20 heavy (non-hydrogen) atoms. The molecule has 0 unspecified atom stereocenters. The van der Waals surface area contributed by atoms with Crippen molar-refractivity contribution in [3.63, 3.8) is 0 Å². The minimum absolute atomic E-state index is 0.0454. The lowest BCUT2D eigenvalue weighted by Gasteiger charge is -2.10. The average Bonchev–Trinajstić information content (AvgIpc) is 2.80. The second-order valence-corrected chi connectivity index (χ2v) is 5.18. The molecule has 0 bridgehead atoms. The molecular weight excluding hydrogens is 322 g/mol. The standard InChI is InChI=1S/C12H11Cl2FN4S/c13-8-6-17-19(7-8)4-3-16-12(20)18-9-1-2-11(15)10(14)5-9/h1-2,5-7H,3-4H2,(H2,16,18,20). The maximum Gasteiger partial charge on any atom is 0.170 e. The van der Waals surface area contributed by atoms with E-state index in [2.05, 4.69) is 15.7 Å². The second kappa shape index (κ2) is 6.88. The molecule has 0 saturated carbocycles. The Morgan fingerprint density at radius 3 is 2.85 bits per heavy atom. The zero-order chi connectivity index (χ0) is 14.5. The summed E-state index contributed by atoms with van der Waals surface area (Å²) in [5.41, 5.74) is 0.621. The van der Waals surface area contributed by atoms with E-state index < -0.39 is 5.82 Å². The average molecular weight is 333 g/mol. The summed E-state index contributed by atoms with van der Waals surface area (Å²) in [6.07, 6.45) is 3.29. The number of nitrogens with one attached hydrogen (secondary N) is 2. The van der Waals surface area contributed by atoms with Crippen LogP contribution in [-0.2, 0) is 6.54 Å². The number of benzene rings is 1. The first kappa shape index (κ1) is 15.0. The van der Waals surface area contributed by atoms with Crippen molar-refractivity contribution in [3.8, 4) is 0 Å². The number of hydrogen-bond acceptors (Lipinski definition) is 2. The number of halogens is 3. The summed E-state index contributed by atoms with van der Waals surface area (Å²) < 4.78 is 14.7. The predicted molar refractivity (Wildman–Crippen MR) is 82.9 cm³/mol. The second-order valence-electron chi connectivity index (χ2n) is 3.93. The van der Waals surface area contributed by atoms with Crippen LogP contribution in [0, 0.1) is 5.82 Å². The van der Waals surface area contributed by atoms with E-state index in [4.69, 9.17) is 35.4 Å². The van der Waals surface area contributed by atoms with Crippen molar-refractivity contribution in [2.75, 3.05) is 11.9 Å². The molecule has 0 spiro atoms. The molecule has 2 N–H and O–H groups in total. The fourth-order valence-electron chi connectivity index (χ4n) is 1.49. The van der Waals surface area contributed by atoms with Gasteiger partial charge in [-0.15, -0.1) is 0 Å². The summed E-state index contributed by atoms with van der Waals surface area (Å²) in [5, 5.41) is 11.0. The van der Waals surface area contributed by atoms with Gasteiger partial charge in [0, 0.05) is 18.4 Å². The van der Waals surface area contributed by atoms with Gasteiger partial charge in [-0.05, 0) is 30.4 Å². The molecule has 0 aliphatic heterocycles. The summed E-state index contributed by atoms with van der Waals surface area (Å²) in [6.45, 7) is 1.21. The minimum Gasteiger partial charge on any atom is -0.361 e. The zero-order valence-corrected chi connectivity index (χ0v) is 12.6. The molecule has 1 heterocycles. The largest absolute Gasteiger partial charge is 0.361 e. The lowest BCUT2D eigenvalue weighted by atomic mass is 10.3. The number of nitrogens with zero attached hydrogens (tertiary/aromatic N) is 2. The van der Waals surface area contributed by atoms with Crippen LogP contribution in [-0.4, -0.2) is 21.4 Å². The van der Waals surface area contributed by atoms with Crippen LogP contribution >= 0.6 is 35.4 Å². The highest BCUT2D eigenvalue weighted by molar-refractivity contribution is 7.80. The van der Waals surface area contributed by atoms with Crippen LogP contribution in [0.25, 0.3) is 0 Å². The third-order valence-corrected chi connectivity index (χ3v) is 3.14. The van der Waals surface area contributed by atoms with Crippen molar-refractivity contribution in [1.82, 2.24) is 15.1 Å². The summed E-state index contributed by atoms with van der Waals surface area (Å²) >= 11 is 16.6. The summed E-state index contributed by atoms with van der Waals surface area (Å²) in [5.74, 6) is -0.466. The number of hydrogen-bond donors (Lipinski definition) is 2. The summed E-state index contributed by atoms with van der Waals surface area (Å²) in [7, 11) is 0. The van der Waals surface area contributed by atoms with Crippen molar-refractivity contribution in [3.05, 3.63) is 46.5 Å². The fraction of sp³-hybridized carbons (Fsp3) is 0.167. The third-order valence-electron chi connectivity index (χ3n) is 2.41. The van der Waals surface area contributed by atoms with Gasteiger partial charge in [0.15, 0.2) is 5.11 Å². The first-order chi connectivity index (χ1) is 9.54. The van der Waals surface area contributed by atoms with E-state index in [-0.39, 0.29) is 5.02 Å². The van der Waals surface area contributed by atoms with Gasteiger partial charge in [-0.3, -0.25) is 4.68 Å². The molecule has 106 valence electrons. The molecule has 2 aromatic rings. The Balaban J connectivity index is 1.79. The van der Waals surface area contributed by atoms with Gasteiger partial charge in [-0.1, -0.05) is 23.2 Å². The Labute approximate surface area is 130 Å². The molecule has 1 aromatic carbocycles. The van der Waals surface area contributed by atoms with Crippen molar-refractivity contribution < 1.29 is 4.39 Å². The van der Waals surface area contributed by atoms with E-state index in [1.807, 2.05) is 0 Å². The molecule has 0 atom stereocenters. The molecule has 2 rings (SSSR count). The quantitative estimate of drug-likeness (QED) is 0.843. The third kappa shape index (κ3) is 4.33. The van der Waals surface area contributed by atoms with E-state index in [1.165, 1.54) is 12.1 Å². The van der Waals surface area contributed by atoms with Gasteiger partial charge in [-0.2, -0.15) is 5.10 Å². The molecule has 0 aliphatic carbocycles. The van der Waals surface area contributed by atoms with Crippen LogP contribution in [0.1, 0.15) is 0 Å². The Morgan fingerprint density at radius 2 is 2.20 bits per heavy atom. The monoisotopic (exact) mass is 332 g/mol. The number of rotatable bonds is 4. The van der Waals surface area contributed by atoms with Crippen LogP contribution in [0.4, 0.5) is 10.1 Å². The smallest absolute Gasteiger partial charge is 0.170 e. The van der Waals surface area contributed by atoms with Crippen LogP contribution in [0.2, 0.25) is 10.0 Å². The molecule has 0 amide bonds. The topological polar surface area (TPSA) is 41.9 Å². The van der Waals surface area contributed by atoms with Crippen molar-refractivity contribution in [2.24, 2.45) is 0 Å². The lowest BCUT2D eigenvalue weighted by Crippen LogP contribution is -2.31. The molecular formula is C12H11Cl2FN4S. The van der Waals surface area contributed by atoms with Crippen LogP contribution in [0.15, 0.2) is 30.6 Å². The highest BCUT2D eigenvalue weighted by Crippen LogP contribution is 2.19. The van der Waals surface area contributed by atoms with Crippen LogP contribution in [0.3, 0.4) is 0 Å². The normalized spacial score (nSPS) is 10.3. The molecule has 0 saturated heterocycles. The fourth-order valence-corrected chi connectivity index (χ4v) is 2.05. The molecule has 0 fully saturated rings. The minimum atomic E-state index is -0.466. The maximum atomic E-state index is 13.0. The van der Waals surface area contributed by atoms with Gasteiger partial charge >= 0.3 is 0 Å². The predicted octanol–water partition coefficient (Wildman–Crippen LogP) is 3.32. The summed E-state index contributed by atoms with van der Waals surface area (Å²) in [4.78, 5) is 0. The van der Waals surface area contributed by atoms with Gasteiger partial charge in [0.2, 0.25) is 0 Å². The van der Waals surface area contributed by atoms with E-state index >= 15 is 0 Å². The molecule has 0 radical (unpaired) electrons. The van der Waals surface area contributed by atoms with Gasteiger partial charge in [0.05, 0.1) is 22.8 Å². The Morgan fingerprint density at radius 1 is 1.40 bits per heavy atom. The zero-order valence-electron chi connectivity index (χ0n) is 10.2. The van der Waals surface area contributed by atoms with E-state index in [0.29, 0.717) is 28.9 Å². The molecule has 8 heteroatoms. The van der Waals surface area contributed by atoms with Gasteiger partial charge in [0.1, 0.15) is 5.82 Å². The Kier molecular flexibility index (Phi) is 5.17. The number of thiocarbonyl (C=S) groups is 1. The first-order valence-corrected chi connectivity index (χ1v) is 6.89.